The summed E-state index contributed by atoms with van der Waals surface area (Å²) >= 11 is 3.26. The first-order valence-corrected chi connectivity index (χ1v) is 12.2. The van der Waals surface area contributed by atoms with Gasteiger partial charge >= 0.3 is 0 Å². The van der Waals surface area contributed by atoms with Gasteiger partial charge in [-0.25, -0.2) is 8.42 Å². The topological polar surface area (TPSA) is 76.8 Å². The van der Waals surface area contributed by atoms with Gasteiger partial charge in [0.2, 0.25) is 0 Å². The van der Waals surface area contributed by atoms with Crippen LogP contribution in [-0.2, 0) is 21.2 Å². The maximum Gasteiger partial charge on any atom is 0.261 e. The lowest BCUT2D eigenvalue weighted by molar-refractivity contribution is -0.136. The van der Waals surface area contributed by atoms with Gasteiger partial charge in [-0.3, -0.25) is 4.79 Å². The van der Waals surface area contributed by atoms with Crippen LogP contribution in [0, 0.1) is 6.92 Å². The molecule has 8 heteroatoms. The number of carbonyl (C=O) groups is 1. The van der Waals surface area contributed by atoms with Crippen LogP contribution in [0.3, 0.4) is 0 Å². The molecule has 0 saturated carbocycles. The molecule has 2 aromatic rings. The summed E-state index contributed by atoms with van der Waals surface area (Å²) in [6.07, 6.45) is 0.428. The molecule has 1 aliphatic heterocycles. The van der Waals surface area contributed by atoms with E-state index in [1.54, 1.807) is 17.0 Å². The van der Waals surface area contributed by atoms with Gasteiger partial charge in [0.05, 0.1) is 18.1 Å². The van der Waals surface area contributed by atoms with E-state index < -0.39 is 9.84 Å². The Kier molecular flexibility index (Phi) is 6.73. The monoisotopic (exact) mass is 483 g/mol. The van der Waals surface area contributed by atoms with Gasteiger partial charge in [0, 0.05) is 6.04 Å². The molecule has 1 atom stereocenters. The average molecular weight is 484 g/mol. The molecule has 0 spiro atoms. The summed E-state index contributed by atoms with van der Waals surface area (Å²) in [5.41, 5.74) is 2.09. The van der Waals surface area contributed by atoms with Crippen LogP contribution in [0.4, 0.5) is 0 Å². The highest BCUT2D eigenvalue weighted by molar-refractivity contribution is 9.10. The highest BCUT2D eigenvalue weighted by Gasteiger charge is 2.35. The quantitative estimate of drug-likeness (QED) is 0.592. The fourth-order valence-corrected chi connectivity index (χ4v) is 5.58. The molecule has 0 N–H and O–H groups in total. The molecule has 29 heavy (non-hydrogen) atoms. The number of amides is 1. The number of hydrogen-bond acceptors (Lipinski definition) is 5. The minimum absolute atomic E-state index is 0.0255. The number of sulfone groups is 1. The number of ether oxygens (including phenoxy) is 1. The van der Waals surface area contributed by atoms with Gasteiger partial charge in [-0.05, 0) is 64.5 Å². The van der Waals surface area contributed by atoms with Crippen molar-refractivity contribution in [1.82, 2.24) is 4.90 Å². The van der Waals surface area contributed by atoms with Crippen molar-refractivity contribution >= 4 is 31.7 Å². The smallest absolute Gasteiger partial charge is 0.261 e. The summed E-state index contributed by atoms with van der Waals surface area (Å²) in [6.45, 7) is 6.18. The second kappa shape index (κ2) is 8.92. The summed E-state index contributed by atoms with van der Waals surface area (Å²) in [5.74, 6) is 1.36. The van der Waals surface area contributed by atoms with Crippen molar-refractivity contribution < 1.29 is 22.4 Å². The molecular formula is C21H26BrNO5S. The van der Waals surface area contributed by atoms with E-state index in [-0.39, 0.29) is 42.5 Å². The highest BCUT2D eigenvalue weighted by atomic mass is 79.9. The molecule has 6 nitrogen and oxygen atoms in total. The van der Waals surface area contributed by atoms with Gasteiger partial charge in [0.15, 0.2) is 21.1 Å². The molecule has 0 unspecified atom stereocenters. The number of carbonyl (C=O) groups excluding carboxylic acids is 1. The summed E-state index contributed by atoms with van der Waals surface area (Å²) in [5, 5.41) is 0. The minimum Gasteiger partial charge on any atom is -0.483 e. The molecule has 3 rings (SSSR count). The number of hydrogen-bond donors (Lipinski definition) is 0. The third-order valence-corrected chi connectivity index (χ3v) is 7.24. The summed E-state index contributed by atoms with van der Waals surface area (Å²) in [6, 6.07) is 9.11. The summed E-state index contributed by atoms with van der Waals surface area (Å²) in [4.78, 5) is 14.6. The van der Waals surface area contributed by atoms with Crippen molar-refractivity contribution in [3.63, 3.8) is 0 Å². The van der Waals surface area contributed by atoms with E-state index in [1.165, 1.54) is 0 Å². The molecular weight excluding hydrogens is 458 g/mol. The molecule has 2 heterocycles. The zero-order valence-electron chi connectivity index (χ0n) is 16.9. The predicted molar refractivity (Wildman–Crippen MR) is 115 cm³/mol. The molecule has 0 bridgehead atoms. The lowest BCUT2D eigenvalue weighted by Crippen LogP contribution is -2.43. The summed E-state index contributed by atoms with van der Waals surface area (Å²) in [7, 11) is -3.13. The fourth-order valence-electron chi connectivity index (χ4n) is 3.51. The van der Waals surface area contributed by atoms with E-state index in [2.05, 4.69) is 29.8 Å². The first-order valence-electron chi connectivity index (χ1n) is 9.62. The van der Waals surface area contributed by atoms with Crippen LogP contribution in [0.1, 0.15) is 43.1 Å². The van der Waals surface area contributed by atoms with E-state index in [0.717, 1.165) is 11.1 Å². The number of halogens is 1. The van der Waals surface area contributed by atoms with Crippen molar-refractivity contribution in [2.24, 2.45) is 0 Å². The van der Waals surface area contributed by atoms with Gasteiger partial charge in [-0.15, -0.1) is 0 Å². The molecule has 1 fully saturated rings. The van der Waals surface area contributed by atoms with Gasteiger partial charge in [-0.1, -0.05) is 26.0 Å². The Morgan fingerprint density at radius 3 is 2.66 bits per heavy atom. The van der Waals surface area contributed by atoms with Crippen LogP contribution < -0.4 is 4.74 Å². The Morgan fingerprint density at radius 1 is 1.31 bits per heavy atom. The number of aryl methyl sites for hydroxylation is 1. The van der Waals surface area contributed by atoms with Crippen LogP contribution in [0.25, 0.3) is 0 Å². The van der Waals surface area contributed by atoms with Crippen LogP contribution >= 0.6 is 15.9 Å². The zero-order chi connectivity index (χ0) is 21.2. The van der Waals surface area contributed by atoms with Crippen molar-refractivity contribution in [1.29, 1.82) is 0 Å². The largest absolute Gasteiger partial charge is 0.483 e. The lowest BCUT2D eigenvalue weighted by atomic mass is 10.0. The first kappa shape index (κ1) is 21.9. The standard InChI is InChI=1S/C21H26BrNO5S/c1-14(2)18-6-4-15(3)10-19(18)27-12-21(24)23(11-17-5-7-20(22)28-17)16-8-9-29(25,26)13-16/h4-7,10,14,16H,8-9,11-13H2,1-3H3/t16-/m1/s1. The molecule has 158 valence electrons. The van der Waals surface area contributed by atoms with Crippen molar-refractivity contribution in [3.8, 4) is 5.75 Å². The zero-order valence-corrected chi connectivity index (χ0v) is 19.3. The molecule has 0 aliphatic carbocycles. The van der Waals surface area contributed by atoms with E-state index in [1.807, 2.05) is 25.1 Å². The number of benzene rings is 1. The number of rotatable bonds is 7. The van der Waals surface area contributed by atoms with E-state index in [4.69, 9.17) is 9.15 Å². The van der Waals surface area contributed by atoms with Gasteiger partial charge in [0.25, 0.3) is 5.91 Å². The maximum absolute atomic E-state index is 13.0. The normalized spacial score (nSPS) is 18.2. The average Bonchev–Trinajstić information content (AvgIpc) is 3.22. The van der Waals surface area contributed by atoms with Crippen LogP contribution in [0.2, 0.25) is 0 Å². The highest BCUT2D eigenvalue weighted by Crippen LogP contribution is 2.28. The third kappa shape index (κ3) is 5.63. The van der Waals surface area contributed by atoms with Gasteiger partial charge < -0.3 is 14.1 Å². The molecule has 1 aromatic carbocycles. The minimum atomic E-state index is -3.13. The fraction of sp³-hybridized carbons (Fsp3) is 0.476. The van der Waals surface area contributed by atoms with Crippen LogP contribution in [0.5, 0.6) is 5.75 Å². The Hall–Kier alpha value is -1.80. The second-order valence-electron chi connectivity index (χ2n) is 7.77. The second-order valence-corrected chi connectivity index (χ2v) is 10.8. The molecule has 1 saturated heterocycles. The van der Waals surface area contributed by atoms with E-state index in [9.17, 15) is 13.2 Å². The predicted octanol–water partition coefficient (Wildman–Crippen LogP) is 4.07. The van der Waals surface area contributed by atoms with E-state index in [0.29, 0.717) is 22.6 Å². The molecule has 1 amide bonds. The Labute approximate surface area is 180 Å². The molecule has 0 radical (unpaired) electrons. The lowest BCUT2D eigenvalue weighted by Gasteiger charge is -2.27. The maximum atomic E-state index is 13.0. The first-order chi connectivity index (χ1) is 13.6. The van der Waals surface area contributed by atoms with Crippen molar-refractivity contribution in [3.05, 3.63) is 51.9 Å². The van der Waals surface area contributed by atoms with Crippen molar-refractivity contribution in [2.45, 2.75) is 45.7 Å². The Morgan fingerprint density at radius 2 is 2.07 bits per heavy atom. The van der Waals surface area contributed by atoms with Gasteiger partial charge in [0.1, 0.15) is 11.5 Å². The molecule has 1 aliphatic rings. The van der Waals surface area contributed by atoms with Crippen LogP contribution in [-0.4, -0.2) is 43.4 Å². The van der Waals surface area contributed by atoms with E-state index >= 15 is 0 Å². The number of nitrogens with zero attached hydrogens (tertiary/aromatic N) is 1. The Balaban J connectivity index is 1.77. The Bertz CT molecular complexity index is 983. The van der Waals surface area contributed by atoms with Crippen LogP contribution in [0.15, 0.2) is 39.4 Å². The third-order valence-electron chi connectivity index (χ3n) is 5.07. The molecule has 1 aromatic heterocycles. The summed E-state index contributed by atoms with van der Waals surface area (Å²) < 4.78 is 35.9. The number of furan rings is 1. The van der Waals surface area contributed by atoms with Gasteiger partial charge in [-0.2, -0.15) is 0 Å². The van der Waals surface area contributed by atoms with Crippen molar-refractivity contribution in [2.75, 3.05) is 18.1 Å². The SMILES string of the molecule is Cc1ccc(C(C)C)c(OCC(=O)N(Cc2ccc(Br)o2)[C@@H]2CCS(=O)(=O)C2)c1.